The van der Waals surface area contributed by atoms with E-state index in [2.05, 4.69) is 41.3 Å². The van der Waals surface area contributed by atoms with Crippen LogP contribution in [0.5, 0.6) is 0 Å². The van der Waals surface area contributed by atoms with Crippen LogP contribution in [0.3, 0.4) is 0 Å². The number of nitrogens with one attached hydrogen (secondary N) is 1. The quantitative estimate of drug-likeness (QED) is 0.688. The number of hydrogen-bond acceptors (Lipinski definition) is 7. The molecule has 2 aromatic rings. The molecule has 2 unspecified atom stereocenters. The van der Waals surface area contributed by atoms with Gasteiger partial charge in [0.15, 0.2) is 21.8 Å². The Kier molecular flexibility index (Phi) is 5.13. The molecule has 3 aliphatic rings. The number of carbonyl (C=O) groups is 1. The van der Waals surface area contributed by atoms with Crippen LogP contribution in [-0.2, 0) is 20.0 Å². The van der Waals surface area contributed by atoms with Crippen LogP contribution in [0, 0.1) is 5.41 Å². The van der Waals surface area contributed by atoms with Crippen molar-refractivity contribution in [3.8, 4) is 11.1 Å². The van der Waals surface area contributed by atoms with E-state index >= 15 is 0 Å². The van der Waals surface area contributed by atoms with Gasteiger partial charge in [-0.1, -0.05) is 39.0 Å². The number of azo groups is 1. The van der Waals surface area contributed by atoms with Crippen LogP contribution < -0.4 is 5.32 Å². The standard InChI is InChI=1S/C26H28N4O3S/c1-5-26(17-8-6-7-16(11-17)18-9-10-27-15-22(18)34(4,32)33)19-14-28-30-24(19)29-20-12-25(2,3)13-21(31)23(20)26/h6-11,14-15,24,29H,5,12-13H2,1-4H3. The highest BCUT2D eigenvalue weighted by atomic mass is 32.2. The Morgan fingerprint density at radius 1 is 1.18 bits per heavy atom. The van der Waals surface area contributed by atoms with Crippen LogP contribution >= 0.6 is 0 Å². The Morgan fingerprint density at radius 3 is 2.71 bits per heavy atom. The number of rotatable bonds is 4. The molecule has 2 aliphatic heterocycles. The van der Waals surface area contributed by atoms with Crippen molar-refractivity contribution in [3.05, 3.63) is 71.3 Å². The molecule has 8 heteroatoms. The molecule has 0 saturated carbocycles. The van der Waals surface area contributed by atoms with Crippen LogP contribution in [0.4, 0.5) is 0 Å². The summed E-state index contributed by atoms with van der Waals surface area (Å²) in [4.78, 5) is 17.9. The molecule has 0 bridgehead atoms. The number of benzene rings is 1. The predicted molar refractivity (Wildman–Crippen MR) is 130 cm³/mol. The lowest BCUT2D eigenvalue weighted by Gasteiger charge is -2.47. The molecule has 0 radical (unpaired) electrons. The van der Waals surface area contributed by atoms with Crippen LogP contribution in [0.1, 0.15) is 45.6 Å². The number of Topliss-reactive ketones (excluding diaryl/α,β-unsaturated/α-hetero) is 1. The van der Waals surface area contributed by atoms with Gasteiger partial charge in [-0.2, -0.15) is 10.2 Å². The van der Waals surface area contributed by atoms with Crippen LogP contribution in [-0.4, -0.2) is 31.6 Å². The maximum Gasteiger partial charge on any atom is 0.177 e. The van der Waals surface area contributed by atoms with Gasteiger partial charge in [-0.15, -0.1) is 0 Å². The minimum atomic E-state index is -3.47. The molecule has 3 heterocycles. The third kappa shape index (κ3) is 3.43. The van der Waals surface area contributed by atoms with Crippen LogP contribution in [0.15, 0.2) is 80.9 Å². The van der Waals surface area contributed by atoms with E-state index in [1.54, 1.807) is 18.5 Å². The molecule has 0 fully saturated rings. The molecule has 0 saturated heterocycles. The zero-order valence-electron chi connectivity index (χ0n) is 19.8. The van der Waals surface area contributed by atoms with Gasteiger partial charge in [-0.3, -0.25) is 9.78 Å². The Hall–Kier alpha value is -3.13. The minimum absolute atomic E-state index is 0.136. The number of carbonyl (C=O) groups excluding carboxylic acids is 1. The summed E-state index contributed by atoms with van der Waals surface area (Å²) in [6.45, 7) is 6.31. The zero-order chi connectivity index (χ0) is 24.3. The fourth-order valence-corrected chi connectivity index (χ4v) is 6.59. The van der Waals surface area contributed by atoms with Gasteiger partial charge in [0.1, 0.15) is 0 Å². The number of allylic oxidation sites excluding steroid dienone is 2. The Morgan fingerprint density at radius 2 is 1.97 bits per heavy atom. The lowest BCUT2D eigenvalue weighted by molar-refractivity contribution is -0.119. The number of fused-ring (bicyclic) bond motifs is 1. The molecular weight excluding hydrogens is 448 g/mol. The van der Waals surface area contributed by atoms with Gasteiger partial charge >= 0.3 is 0 Å². The third-order valence-corrected chi connectivity index (χ3v) is 8.28. The first-order chi connectivity index (χ1) is 16.1. The maximum atomic E-state index is 13.6. The Labute approximate surface area is 200 Å². The average Bonchev–Trinajstić information content (AvgIpc) is 3.25. The summed E-state index contributed by atoms with van der Waals surface area (Å²) in [6, 6.07) is 9.57. The number of aromatic nitrogens is 1. The summed E-state index contributed by atoms with van der Waals surface area (Å²) in [7, 11) is -3.47. The van der Waals surface area contributed by atoms with Gasteiger partial charge in [0.2, 0.25) is 0 Å². The number of pyridine rings is 1. The normalized spacial score (nSPS) is 25.5. The van der Waals surface area contributed by atoms with Crippen molar-refractivity contribution in [2.24, 2.45) is 15.6 Å². The van der Waals surface area contributed by atoms with E-state index in [-0.39, 0.29) is 22.3 Å². The monoisotopic (exact) mass is 476 g/mol. The van der Waals surface area contributed by atoms with Gasteiger partial charge in [0.05, 0.1) is 16.5 Å². The van der Waals surface area contributed by atoms with Crippen molar-refractivity contribution in [2.75, 3.05) is 6.26 Å². The van der Waals surface area contributed by atoms with E-state index in [1.165, 1.54) is 12.5 Å². The number of nitrogens with zero attached hydrogens (tertiary/aromatic N) is 3. The Bertz CT molecular complexity index is 1400. The number of ketones is 1. The van der Waals surface area contributed by atoms with Gasteiger partial charge in [-0.05, 0) is 41.5 Å². The molecule has 5 rings (SSSR count). The fraction of sp³-hybridized carbons (Fsp3) is 0.385. The second kappa shape index (κ2) is 7.70. The highest BCUT2D eigenvalue weighted by molar-refractivity contribution is 7.90. The molecular formula is C26H28N4O3S. The van der Waals surface area contributed by atoms with E-state index in [4.69, 9.17) is 0 Å². The molecule has 0 spiro atoms. The predicted octanol–water partition coefficient (Wildman–Crippen LogP) is 4.72. The topological polar surface area (TPSA) is 101 Å². The van der Waals surface area contributed by atoms with Crippen molar-refractivity contribution in [1.29, 1.82) is 0 Å². The lowest BCUT2D eigenvalue weighted by atomic mass is 9.58. The van der Waals surface area contributed by atoms with Crippen molar-refractivity contribution in [3.63, 3.8) is 0 Å². The molecule has 0 amide bonds. The van der Waals surface area contributed by atoms with Crippen molar-refractivity contribution in [2.45, 2.75) is 56.5 Å². The third-order valence-electron chi connectivity index (χ3n) is 7.16. The SMILES string of the molecule is CCC1(c2cccc(-c3ccncc3S(C)(=O)=O)c2)C2=CN=NC2NC2=C1C(=O)CC(C)(C)C2. The average molecular weight is 477 g/mol. The first-order valence-electron chi connectivity index (χ1n) is 11.5. The van der Waals surface area contributed by atoms with Gasteiger partial charge in [0, 0.05) is 47.5 Å². The summed E-state index contributed by atoms with van der Waals surface area (Å²) >= 11 is 0. The molecule has 1 aliphatic carbocycles. The number of sulfone groups is 1. The first kappa shape index (κ1) is 22.7. The largest absolute Gasteiger partial charge is 0.362 e. The molecule has 2 atom stereocenters. The smallest absolute Gasteiger partial charge is 0.177 e. The van der Waals surface area contributed by atoms with E-state index in [0.717, 1.165) is 34.4 Å². The van der Waals surface area contributed by atoms with Gasteiger partial charge in [-0.25, -0.2) is 8.42 Å². The van der Waals surface area contributed by atoms with Crippen LogP contribution in [0.2, 0.25) is 0 Å². The van der Waals surface area contributed by atoms with Gasteiger partial charge < -0.3 is 5.32 Å². The summed E-state index contributed by atoms with van der Waals surface area (Å²) in [5.41, 5.74) is 4.17. The van der Waals surface area contributed by atoms with Gasteiger partial charge in [0.25, 0.3) is 0 Å². The van der Waals surface area contributed by atoms with Crippen molar-refractivity contribution in [1.82, 2.24) is 10.3 Å². The molecule has 1 aromatic heterocycles. The summed E-state index contributed by atoms with van der Waals surface area (Å²) < 4.78 is 24.9. The molecule has 34 heavy (non-hydrogen) atoms. The highest BCUT2D eigenvalue weighted by Gasteiger charge is 2.53. The van der Waals surface area contributed by atoms with Crippen molar-refractivity contribution < 1.29 is 13.2 Å². The molecule has 1 N–H and O–H groups in total. The van der Waals surface area contributed by atoms with Crippen molar-refractivity contribution >= 4 is 15.6 Å². The fourth-order valence-electron chi connectivity index (χ4n) is 5.76. The minimum Gasteiger partial charge on any atom is -0.362 e. The van der Waals surface area contributed by atoms with E-state index < -0.39 is 15.3 Å². The maximum absolute atomic E-state index is 13.6. The van der Waals surface area contributed by atoms with E-state index in [0.29, 0.717) is 18.4 Å². The molecule has 1 aromatic carbocycles. The molecule has 7 nitrogen and oxygen atoms in total. The second-order valence-electron chi connectivity index (χ2n) is 10.1. The highest BCUT2D eigenvalue weighted by Crippen LogP contribution is 2.54. The summed E-state index contributed by atoms with van der Waals surface area (Å²) in [5.74, 6) is 0.137. The lowest BCUT2D eigenvalue weighted by Crippen LogP contribution is -2.51. The van der Waals surface area contributed by atoms with E-state index in [1.807, 2.05) is 24.3 Å². The Balaban J connectivity index is 1.75. The second-order valence-corrected chi connectivity index (χ2v) is 12.1. The van der Waals surface area contributed by atoms with E-state index in [9.17, 15) is 13.2 Å². The summed E-state index contributed by atoms with van der Waals surface area (Å²) in [6.07, 6.45) is 7.53. The summed E-state index contributed by atoms with van der Waals surface area (Å²) in [5, 5.41) is 12.1. The molecule has 176 valence electrons. The first-order valence-corrected chi connectivity index (χ1v) is 13.3. The number of hydrogen-bond donors (Lipinski definition) is 1. The zero-order valence-corrected chi connectivity index (χ0v) is 20.6. The van der Waals surface area contributed by atoms with Crippen LogP contribution in [0.25, 0.3) is 11.1 Å².